The lowest BCUT2D eigenvalue weighted by Gasteiger charge is -2.22. The fraction of sp³-hybridized carbons (Fsp3) is 0.385. The van der Waals surface area contributed by atoms with E-state index < -0.39 is 0 Å². The highest BCUT2D eigenvalue weighted by Gasteiger charge is 2.22. The Kier molecular flexibility index (Phi) is 3.68. The Morgan fingerprint density at radius 2 is 2.22 bits per heavy atom. The largest absolute Gasteiger partial charge is 0.486 e. The molecule has 1 aliphatic heterocycles. The highest BCUT2D eigenvalue weighted by atomic mass is 16.6. The summed E-state index contributed by atoms with van der Waals surface area (Å²) < 4.78 is 10.9. The molecule has 0 bridgehead atoms. The zero-order valence-electron chi connectivity index (χ0n) is 10.2. The molecule has 0 saturated carbocycles. The molecule has 0 fully saturated rings. The first kappa shape index (κ1) is 12.2. The molecule has 1 heterocycles. The SMILES string of the molecule is CN(CCC#N)C(=O)c1cccc2c1OCCO2. The van der Waals surface area contributed by atoms with E-state index in [0.717, 1.165) is 0 Å². The lowest BCUT2D eigenvalue weighted by Crippen LogP contribution is -2.29. The summed E-state index contributed by atoms with van der Waals surface area (Å²) >= 11 is 0. The van der Waals surface area contributed by atoms with Crippen LogP contribution in [0.3, 0.4) is 0 Å². The third-order valence-electron chi connectivity index (χ3n) is 2.70. The predicted octanol–water partition coefficient (Wildman–Crippen LogP) is 1.44. The Hall–Kier alpha value is -2.22. The van der Waals surface area contributed by atoms with Crippen LogP contribution in [0.5, 0.6) is 11.5 Å². The summed E-state index contributed by atoms with van der Waals surface area (Å²) in [6.07, 6.45) is 0.314. The second-order valence-electron chi connectivity index (χ2n) is 3.96. The van der Waals surface area contributed by atoms with Gasteiger partial charge in [0.05, 0.1) is 18.1 Å². The van der Waals surface area contributed by atoms with E-state index >= 15 is 0 Å². The molecule has 0 saturated heterocycles. The van der Waals surface area contributed by atoms with E-state index in [9.17, 15) is 4.79 Å². The number of fused-ring (bicyclic) bond motifs is 1. The van der Waals surface area contributed by atoms with Gasteiger partial charge in [-0.1, -0.05) is 6.07 Å². The summed E-state index contributed by atoms with van der Waals surface area (Å²) in [5.74, 6) is 0.936. The minimum absolute atomic E-state index is 0.160. The predicted molar refractivity (Wildman–Crippen MR) is 64.6 cm³/mol. The van der Waals surface area contributed by atoms with Crippen molar-refractivity contribution in [1.82, 2.24) is 4.90 Å². The first-order valence-corrected chi connectivity index (χ1v) is 5.75. The number of hydrogen-bond acceptors (Lipinski definition) is 4. The van der Waals surface area contributed by atoms with Gasteiger partial charge in [0.15, 0.2) is 11.5 Å². The van der Waals surface area contributed by atoms with E-state index in [0.29, 0.717) is 43.2 Å². The molecule has 0 atom stereocenters. The average molecular weight is 246 g/mol. The Bertz CT molecular complexity index is 493. The van der Waals surface area contributed by atoms with E-state index in [-0.39, 0.29) is 5.91 Å². The number of amides is 1. The van der Waals surface area contributed by atoms with Crippen molar-refractivity contribution in [3.05, 3.63) is 23.8 Å². The molecular formula is C13H14N2O3. The van der Waals surface area contributed by atoms with Crippen LogP contribution in [-0.2, 0) is 0 Å². The number of nitriles is 1. The fourth-order valence-electron chi connectivity index (χ4n) is 1.77. The normalized spacial score (nSPS) is 12.7. The van der Waals surface area contributed by atoms with Gasteiger partial charge in [0.1, 0.15) is 13.2 Å². The molecule has 1 amide bonds. The second kappa shape index (κ2) is 5.41. The van der Waals surface area contributed by atoms with Crippen molar-refractivity contribution >= 4 is 5.91 Å². The van der Waals surface area contributed by atoms with E-state index in [1.165, 1.54) is 4.90 Å². The third-order valence-corrected chi connectivity index (χ3v) is 2.70. The Balaban J connectivity index is 2.23. The lowest BCUT2D eigenvalue weighted by molar-refractivity contribution is 0.0787. The Morgan fingerprint density at radius 1 is 1.44 bits per heavy atom. The van der Waals surface area contributed by atoms with Gasteiger partial charge in [-0.3, -0.25) is 4.79 Å². The molecule has 5 heteroatoms. The van der Waals surface area contributed by atoms with Crippen molar-refractivity contribution in [3.8, 4) is 17.6 Å². The van der Waals surface area contributed by atoms with Crippen molar-refractivity contribution < 1.29 is 14.3 Å². The maximum atomic E-state index is 12.2. The Labute approximate surface area is 106 Å². The van der Waals surface area contributed by atoms with E-state index in [4.69, 9.17) is 14.7 Å². The molecule has 1 aliphatic rings. The van der Waals surface area contributed by atoms with Gasteiger partial charge in [0.25, 0.3) is 5.91 Å². The van der Waals surface area contributed by atoms with E-state index in [2.05, 4.69) is 0 Å². The molecule has 0 aromatic heterocycles. The summed E-state index contributed by atoms with van der Waals surface area (Å²) in [5.41, 5.74) is 0.479. The van der Waals surface area contributed by atoms with Gasteiger partial charge in [-0.05, 0) is 12.1 Å². The molecule has 0 unspecified atom stereocenters. The van der Waals surface area contributed by atoms with Crippen LogP contribution in [0.25, 0.3) is 0 Å². The van der Waals surface area contributed by atoms with Crippen molar-refractivity contribution in [2.24, 2.45) is 0 Å². The molecule has 1 aromatic rings. The number of ether oxygens (including phenoxy) is 2. The molecule has 5 nitrogen and oxygen atoms in total. The third kappa shape index (κ3) is 2.38. The van der Waals surface area contributed by atoms with Crippen molar-refractivity contribution in [3.63, 3.8) is 0 Å². The van der Waals surface area contributed by atoms with Crippen LogP contribution in [0.2, 0.25) is 0 Å². The molecule has 0 radical (unpaired) electrons. The number of para-hydroxylation sites is 1. The zero-order chi connectivity index (χ0) is 13.0. The van der Waals surface area contributed by atoms with Gasteiger partial charge in [0, 0.05) is 13.6 Å². The number of nitrogens with zero attached hydrogens (tertiary/aromatic N) is 2. The van der Waals surface area contributed by atoms with Gasteiger partial charge in [-0.2, -0.15) is 5.26 Å². The van der Waals surface area contributed by atoms with Crippen molar-refractivity contribution in [1.29, 1.82) is 5.26 Å². The van der Waals surface area contributed by atoms with Gasteiger partial charge < -0.3 is 14.4 Å². The van der Waals surface area contributed by atoms with Crippen LogP contribution in [0.4, 0.5) is 0 Å². The smallest absolute Gasteiger partial charge is 0.257 e. The summed E-state index contributed by atoms with van der Waals surface area (Å²) in [6, 6.07) is 7.27. The number of hydrogen-bond donors (Lipinski definition) is 0. The number of carbonyl (C=O) groups excluding carboxylic acids is 1. The van der Waals surface area contributed by atoms with Gasteiger partial charge in [-0.25, -0.2) is 0 Å². The quantitative estimate of drug-likeness (QED) is 0.809. The van der Waals surface area contributed by atoms with Crippen LogP contribution in [0.15, 0.2) is 18.2 Å². The lowest BCUT2D eigenvalue weighted by atomic mass is 10.1. The topological polar surface area (TPSA) is 62.6 Å². The van der Waals surface area contributed by atoms with Crippen LogP contribution in [-0.4, -0.2) is 37.6 Å². The minimum Gasteiger partial charge on any atom is -0.486 e. The molecule has 0 spiro atoms. The zero-order valence-corrected chi connectivity index (χ0v) is 10.2. The number of carbonyl (C=O) groups is 1. The monoisotopic (exact) mass is 246 g/mol. The van der Waals surface area contributed by atoms with Gasteiger partial charge in [-0.15, -0.1) is 0 Å². The highest BCUT2D eigenvalue weighted by Crippen LogP contribution is 2.34. The molecule has 2 rings (SSSR count). The maximum absolute atomic E-state index is 12.2. The summed E-state index contributed by atoms with van der Waals surface area (Å²) in [4.78, 5) is 13.7. The van der Waals surface area contributed by atoms with E-state index in [1.807, 2.05) is 6.07 Å². The molecule has 0 N–H and O–H groups in total. The van der Waals surface area contributed by atoms with Crippen LogP contribution < -0.4 is 9.47 Å². The molecule has 18 heavy (non-hydrogen) atoms. The number of rotatable bonds is 3. The Morgan fingerprint density at radius 3 is 3.00 bits per heavy atom. The summed E-state index contributed by atoms with van der Waals surface area (Å²) in [5, 5.41) is 8.53. The number of benzene rings is 1. The van der Waals surface area contributed by atoms with Gasteiger partial charge >= 0.3 is 0 Å². The van der Waals surface area contributed by atoms with Crippen molar-refractivity contribution in [2.45, 2.75) is 6.42 Å². The van der Waals surface area contributed by atoms with Gasteiger partial charge in [0.2, 0.25) is 0 Å². The summed E-state index contributed by atoms with van der Waals surface area (Å²) in [7, 11) is 1.67. The average Bonchev–Trinajstić information content (AvgIpc) is 2.43. The second-order valence-corrected chi connectivity index (χ2v) is 3.96. The molecule has 0 aliphatic carbocycles. The van der Waals surface area contributed by atoms with Crippen LogP contribution in [0, 0.1) is 11.3 Å². The van der Waals surface area contributed by atoms with Crippen LogP contribution >= 0.6 is 0 Å². The summed E-state index contributed by atoms with van der Waals surface area (Å²) in [6.45, 7) is 1.34. The van der Waals surface area contributed by atoms with Crippen molar-refractivity contribution in [2.75, 3.05) is 26.8 Å². The molecule has 1 aromatic carbocycles. The fourth-order valence-corrected chi connectivity index (χ4v) is 1.77. The minimum atomic E-state index is -0.160. The maximum Gasteiger partial charge on any atom is 0.257 e. The molecular weight excluding hydrogens is 232 g/mol. The first-order valence-electron chi connectivity index (χ1n) is 5.75. The van der Waals surface area contributed by atoms with E-state index in [1.54, 1.807) is 25.2 Å². The molecule has 94 valence electrons. The first-order chi connectivity index (χ1) is 8.74. The standard InChI is InChI=1S/C13H14N2O3/c1-15(7-3-6-14)13(16)10-4-2-5-11-12(10)18-9-8-17-11/h2,4-5H,3,7-9H2,1H3. The van der Waals surface area contributed by atoms with Crippen LogP contribution in [0.1, 0.15) is 16.8 Å². The highest BCUT2D eigenvalue weighted by molar-refractivity contribution is 5.97.